The smallest absolute Gasteiger partial charge is 0.404 e. The zero-order valence-corrected chi connectivity index (χ0v) is 12.8. The van der Waals surface area contributed by atoms with Crippen LogP contribution in [0.4, 0.5) is 0 Å². The molecule has 1 aliphatic rings. The summed E-state index contributed by atoms with van der Waals surface area (Å²) in [6.45, 7) is 10.3. The van der Waals surface area contributed by atoms with Crippen LogP contribution in [0.2, 0.25) is 0 Å². The second-order valence-electron chi connectivity index (χ2n) is 5.08. The van der Waals surface area contributed by atoms with Gasteiger partial charge in [-0.3, -0.25) is 9.05 Å². The van der Waals surface area contributed by atoms with E-state index in [0.717, 1.165) is 6.42 Å². The van der Waals surface area contributed by atoms with Crippen molar-refractivity contribution in [1.29, 1.82) is 0 Å². The number of allylic oxidation sites excluding steroid dienone is 3. The summed E-state index contributed by atoms with van der Waals surface area (Å²) in [7, 11) is -3.48. The van der Waals surface area contributed by atoms with E-state index in [9.17, 15) is 4.57 Å². The van der Waals surface area contributed by atoms with E-state index in [1.165, 1.54) is 5.57 Å². The van der Waals surface area contributed by atoms with Crippen LogP contribution in [0, 0.1) is 5.41 Å². The molecule has 1 aliphatic carbocycles. The molecule has 0 fully saturated rings. The third kappa shape index (κ3) is 4.60. The van der Waals surface area contributed by atoms with Gasteiger partial charge in [-0.1, -0.05) is 19.4 Å². The maximum absolute atomic E-state index is 12.3. The molecule has 5 heteroatoms. The van der Waals surface area contributed by atoms with E-state index in [1.54, 1.807) is 13.8 Å². The molecule has 0 aromatic rings. The number of rotatable bonds is 6. The quantitative estimate of drug-likeness (QED) is 0.671. The summed E-state index contributed by atoms with van der Waals surface area (Å²) < 4.78 is 28.0. The van der Waals surface area contributed by atoms with Gasteiger partial charge in [-0.25, -0.2) is 4.57 Å². The van der Waals surface area contributed by atoms with Crippen molar-refractivity contribution in [1.82, 2.24) is 0 Å². The molecule has 0 saturated carbocycles. The first-order chi connectivity index (χ1) is 8.30. The first kappa shape index (κ1) is 15.5. The summed E-state index contributed by atoms with van der Waals surface area (Å²) in [5.41, 5.74) is 1.19. The van der Waals surface area contributed by atoms with Gasteiger partial charge >= 0.3 is 7.82 Å². The Morgan fingerprint density at radius 2 is 1.83 bits per heavy atom. The van der Waals surface area contributed by atoms with E-state index >= 15 is 0 Å². The topological polar surface area (TPSA) is 44.8 Å². The van der Waals surface area contributed by atoms with Crippen molar-refractivity contribution in [2.45, 2.75) is 41.0 Å². The maximum Gasteiger partial charge on any atom is 0.530 e. The molecule has 0 N–H and O–H groups in total. The Morgan fingerprint density at radius 1 is 1.28 bits per heavy atom. The Morgan fingerprint density at radius 3 is 2.28 bits per heavy atom. The molecule has 0 spiro atoms. The Bertz CT molecular complexity index is 386. The SMILES string of the molecule is CCOP(=O)(OCC)OC1=CC(C)(C)CC(C)=C1. The highest BCUT2D eigenvalue weighted by Gasteiger charge is 2.30. The van der Waals surface area contributed by atoms with Gasteiger partial charge in [0.05, 0.1) is 13.2 Å². The van der Waals surface area contributed by atoms with Gasteiger partial charge in [-0.15, -0.1) is 0 Å². The van der Waals surface area contributed by atoms with Crippen LogP contribution in [-0.4, -0.2) is 13.2 Å². The lowest BCUT2D eigenvalue weighted by Crippen LogP contribution is -2.13. The van der Waals surface area contributed by atoms with Crippen LogP contribution >= 0.6 is 7.82 Å². The third-order valence-electron chi connectivity index (χ3n) is 2.45. The minimum absolute atomic E-state index is 0.00255. The first-order valence-electron chi connectivity index (χ1n) is 6.29. The van der Waals surface area contributed by atoms with Crippen LogP contribution in [0.3, 0.4) is 0 Å². The second-order valence-corrected chi connectivity index (χ2v) is 6.67. The molecule has 0 heterocycles. The van der Waals surface area contributed by atoms with Gasteiger partial charge in [0, 0.05) is 0 Å². The minimum Gasteiger partial charge on any atom is -0.404 e. The predicted octanol–water partition coefficient (Wildman–Crippen LogP) is 4.44. The summed E-state index contributed by atoms with van der Waals surface area (Å²) >= 11 is 0. The summed E-state index contributed by atoms with van der Waals surface area (Å²) in [5.74, 6) is 0.564. The number of hydrogen-bond acceptors (Lipinski definition) is 4. The van der Waals surface area contributed by atoms with Crippen LogP contribution in [-0.2, 0) is 18.1 Å². The van der Waals surface area contributed by atoms with E-state index in [-0.39, 0.29) is 18.6 Å². The highest BCUT2D eigenvalue weighted by atomic mass is 31.2. The van der Waals surface area contributed by atoms with Gasteiger partial charge in [0.25, 0.3) is 0 Å². The van der Waals surface area contributed by atoms with Crippen LogP contribution in [0.25, 0.3) is 0 Å². The summed E-state index contributed by atoms with van der Waals surface area (Å²) in [5, 5.41) is 0. The molecule has 0 aromatic carbocycles. The number of hydrogen-bond donors (Lipinski definition) is 0. The molecule has 0 amide bonds. The highest BCUT2D eigenvalue weighted by molar-refractivity contribution is 7.48. The average molecular weight is 274 g/mol. The number of phosphoric ester groups is 1. The lowest BCUT2D eigenvalue weighted by Gasteiger charge is -2.27. The molecule has 0 bridgehead atoms. The third-order valence-corrected chi connectivity index (χ3v) is 4.03. The monoisotopic (exact) mass is 274 g/mol. The van der Waals surface area contributed by atoms with Crippen molar-refractivity contribution >= 4 is 7.82 Å². The minimum atomic E-state index is -3.48. The van der Waals surface area contributed by atoms with Crippen LogP contribution in [0.15, 0.2) is 23.5 Å². The van der Waals surface area contributed by atoms with E-state index in [1.807, 2.05) is 19.1 Å². The fourth-order valence-electron chi connectivity index (χ4n) is 2.08. The molecular formula is C13H23O4P. The van der Waals surface area contributed by atoms with E-state index in [4.69, 9.17) is 13.6 Å². The fourth-order valence-corrected chi connectivity index (χ4v) is 3.25. The van der Waals surface area contributed by atoms with Crippen LogP contribution < -0.4 is 0 Å². The Balaban J connectivity index is 2.87. The first-order valence-corrected chi connectivity index (χ1v) is 7.75. The number of phosphoric acid groups is 1. The Labute approximate surface area is 110 Å². The van der Waals surface area contributed by atoms with Crippen molar-refractivity contribution in [3.05, 3.63) is 23.5 Å². The standard InChI is InChI=1S/C13H23O4P/c1-6-15-18(14,16-7-2)17-12-8-11(3)9-13(4,5)10-12/h8,10H,6-7,9H2,1-5H3. The van der Waals surface area contributed by atoms with Crippen molar-refractivity contribution in [2.75, 3.05) is 13.2 Å². The normalized spacial score (nSPS) is 19.2. The van der Waals surface area contributed by atoms with Gasteiger partial charge in [0.15, 0.2) is 0 Å². The lowest BCUT2D eigenvalue weighted by molar-refractivity contribution is 0.146. The Hall–Kier alpha value is -0.570. The maximum atomic E-state index is 12.3. The predicted molar refractivity (Wildman–Crippen MR) is 72.2 cm³/mol. The highest BCUT2D eigenvalue weighted by Crippen LogP contribution is 2.52. The molecule has 104 valence electrons. The van der Waals surface area contributed by atoms with Crippen molar-refractivity contribution in [3.63, 3.8) is 0 Å². The second kappa shape index (κ2) is 6.05. The summed E-state index contributed by atoms with van der Waals surface area (Å²) in [4.78, 5) is 0. The molecule has 1 rings (SSSR count). The fraction of sp³-hybridized carbons (Fsp3) is 0.692. The van der Waals surface area contributed by atoms with Crippen molar-refractivity contribution in [3.8, 4) is 0 Å². The zero-order valence-electron chi connectivity index (χ0n) is 11.9. The molecule has 0 aromatic heterocycles. The average Bonchev–Trinajstić information content (AvgIpc) is 2.13. The largest absolute Gasteiger partial charge is 0.530 e. The Kier molecular flexibility index (Phi) is 5.20. The molecule has 0 unspecified atom stereocenters. The van der Waals surface area contributed by atoms with Gasteiger partial charge in [0.1, 0.15) is 5.76 Å². The molecule has 0 atom stereocenters. The molecule has 4 nitrogen and oxygen atoms in total. The van der Waals surface area contributed by atoms with E-state index in [0.29, 0.717) is 5.76 Å². The molecule has 0 saturated heterocycles. The van der Waals surface area contributed by atoms with Gasteiger partial charge in [-0.2, -0.15) is 0 Å². The van der Waals surface area contributed by atoms with Gasteiger partial charge in [0.2, 0.25) is 0 Å². The van der Waals surface area contributed by atoms with E-state index in [2.05, 4.69) is 13.8 Å². The molecule has 18 heavy (non-hydrogen) atoms. The van der Waals surface area contributed by atoms with Crippen LogP contribution in [0.1, 0.15) is 41.0 Å². The van der Waals surface area contributed by atoms with Gasteiger partial charge < -0.3 is 4.52 Å². The van der Waals surface area contributed by atoms with Crippen molar-refractivity contribution in [2.24, 2.45) is 5.41 Å². The summed E-state index contributed by atoms with van der Waals surface area (Å²) in [6.07, 6.45) is 4.81. The summed E-state index contributed by atoms with van der Waals surface area (Å²) in [6, 6.07) is 0. The van der Waals surface area contributed by atoms with E-state index < -0.39 is 7.82 Å². The molecule has 0 aliphatic heterocycles. The zero-order chi connectivity index (χ0) is 13.8. The molecule has 0 radical (unpaired) electrons. The van der Waals surface area contributed by atoms with Crippen molar-refractivity contribution < 1.29 is 18.1 Å². The lowest BCUT2D eigenvalue weighted by atomic mass is 9.82. The van der Waals surface area contributed by atoms with Gasteiger partial charge in [-0.05, 0) is 44.8 Å². The van der Waals surface area contributed by atoms with Crippen LogP contribution in [0.5, 0.6) is 0 Å². The molecular weight excluding hydrogens is 251 g/mol.